The van der Waals surface area contributed by atoms with Gasteiger partial charge in [-0.15, -0.1) is 0 Å². The second kappa shape index (κ2) is 7.98. The fraction of sp³-hybridized carbons (Fsp3) is 0. The molecule has 0 aromatic heterocycles. The van der Waals surface area contributed by atoms with Gasteiger partial charge in [0, 0.05) is 0 Å². The van der Waals surface area contributed by atoms with Crippen molar-refractivity contribution in [2.75, 3.05) is 0 Å². The first-order valence-corrected chi connectivity index (χ1v) is 7.83. The standard InChI is InChI=1S/C12H12OSi.2O.V/c13-14(11-7-3-1-4-8-11)12-9-5-2-6-10-12;;;/h1-10,13-14H;;;. The summed E-state index contributed by atoms with van der Waals surface area (Å²) in [6.45, 7) is 0. The van der Waals surface area contributed by atoms with Crippen LogP contribution in [0.15, 0.2) is 60.7 Å². The van der Waals surface area contributed by atoms with Gasteiger partial charge in [0.15, 0.2) is 0 Å². The molecule has 0 aliphatic heterocycles. The van der Waals surface area contributed by atoms with Crippen LogP contribution < -0.4 is 10.4 Å². The Labute approximate surface area is 108 Å². The third kappa shape index (κ3) is 4.67. The van der Waals surface area contributed by atoms with Crippen LogP contribution in [0.5, 0.6) is 0 Å². The van der Waals surface area contributed by atoms with Gasteiger partial charge in [-0.3, -0.25) is 0 Å². The maximum absolute atomic E-state index is 10.1. The van der Waals surface area contributed by atoms with Crippen molar-refractivity contribution in [2.24, 2.45) is 0 Å². The molecule has 1 N–H and O–H groups in total. The van der Waals surface area contributed by atoms with Crippen LogP contribution in [-0.2, 0) is 23.5 Å². The Kier molecular flexibility index (Phi) is 6.50. The van der Waals surface area contributed by atoms with Crippen molar-refractivity contribution in [1.82, 2.24) is 0 Å². The molecule has 17 heavy (non-hydrogen) atoms. The first-order valence-electron chi connectivity index (χ1n) is 5.02. The van der Waals surface area contributed by atoms with E-state index in [1.807, 2.05) is 60.7 Å². The van der Waals surface area contributed by atoms with Crippen LogP contribution in [0, 0.1) is 0 Å². The third-order valence-electron chi connectivity index (χ3n) is 2.23. The summed E-state index contributed by atoms with van der Waals surface area (Å²) < 4.78 is 16.9. The van der Waals surface area contributed by atoms with Gasteiger partial charge in [-0.1, -0.05) is 60.7 Å². The monoisotopic (exact) mass is 283 g/mol. The van der Waals surface area contributed by atoms with Crippen molar-refractivity contribution in [3.05, 3.63) is 60.7 Å². The van der Waals surface area contributed by atoms with Crippen molar-refractivity contribution in [2.45, 2.75) is 0 Å². The normalized spacial score (nSPS) is 9.06. The fourth-order valence-electron chi connectivity index (χ4n) is 1.46. The zero-order chi connectivity index (χ0) is 12.5. The molecule has 2 rings (SSSR count). The first kappa shape index (κ1) is 13.9. The van der Waals surface area contributed by atoms with Crippen LogP contribution >= 0.6 is 0 Å². The van der Waals surface area contributed by atoms with E-state index in [2.05, 4.69) is 0 Å². The van der Waals surface area contributed by atoms with E-state index >= 15 is 0 Å². The number of hydrogen-bond acceptors (Lipinski definition) is 3. The van der Waals surface area contributed by atoms with Crippen molar-refractivity contribution in [1.29, 1.82) is 0 Å². The van der Waals surface area contributed by atoms with E-state index in [-0.39, 0.29) is 0 Å². The molecule has 0 unspecified atom stereocenters. The molecule has 0 heterocycles. The van der Waals surface area contributed by atoms with Crippen molar-refractivity contribution in [3.63, 3.8) is 0 Å². The summed E-state index contributed by atoms with van der Waals surface area (Å²) in [6, 6.07) is 19.8. The zero-order valence-electron chi connectivity index (χ0n) is 9.06. The molecule has 0 aliphatic rings. The number of benzene rings is 2. The second-order valence-electron chi connectivity index (χ2n) is 3.30. The average Bonchev–Trinajstić information content (AvgIpc) is 2.41. The average molecular weight is 283 g/mol. The molecule has 0 atom stereocenters. The summed E-state index contributed by atoms with van der Waals surface area (Å²) in [6.07, 6.45) is 0. The van der Waals surface area contributed by atoms with Gasteiger partial charge >= 0.3 is 23.5 Å². The molecule has 2 aromatic carbocycles. The summed E-state index contributed by atoms with van der Waals surface area (Å²) in [4.78, 5) is 10.1. The summed E-state index contributed by atoms with van der Waals surface area (Å²) >= 11 is -1.81. The summed E-state index contributed by atoms with van der Waals surface area (Å²) in [7, 11) is -1.92. The predicted molar refractivity (Wildman–Crippen MR) is 62.9 cm³/mol. The Morgan fingerprint density at radius 1 is 0.765 bits per heavy atom. The zero-order valence-corrected chi connectivity index (χ0v) is 11.6. The van der Waals surface area contributed by atoms with Crippen LogP contribution in [0.1, 0.15) is 0 Å². The Morgan fingerprint density at radius 2 is 1.06 bits per heavy atom. The van der Waals surface area contributed by atoms with Crippen molar-refractivity contribution < 1.29 is 28.3 Å². The molecule has 0 aliphatic carbocycles. The molecule has 0 amide bonds. The van der Waals surface area contributed by atoms with Gasteiger partial charge in [0.05, 0.1) is 0 Å². The molecule has 0 fully saturated rings. The molecule has 2 aromatic rings. The van der Waals surface area contributed by atoms with Gasteiger partial charge in [-0.2, -0.15) is 0 Å². The van der Waals surface area contributed by atoms with E-state index in [1.54, 1.807) is 0 Å². The molecular weight excluding hydrogens is 271 g/mol. The SMILES string of the molecule is O[SiH](c1ccccc1)c1ccccc1.[O]=[V]=[O]. The summed E-state index contributed by atoms with van der Waals surface area (Å²) in [5.41, 5.74) is 0. The van der Waals surface area contributed by atoms with Gasteiger partial charge in [-0.25, -0.2) is 0 Å². The van der Waals surface area contributed by atoms with Crippen LogP contribution in [0.4, 0.5) is 0 Å². The predicted octanol–water partition coefficient (Wildman–Crippen LogP) is 0.277. The van der Waals surface area contributed by atoms with Crippen molar-refractivity contribution in [3.8, 4) is 0 Å². The number of hydrogen-bond donors (Lipinski definition) is 1. The minimum absolute atomic E-state index is 1.07. The topological polar surface area (TPSA) is 54.4 Å². The fourth-order valence-corrected chi connectivity index (χ4v) is 3.02. The summed E-state index contributed by atoms with van der Waals surface area (Å²) in [5.74, 6) is 0. The number of rotatable bonds is 2. The molecular formula is C12H12O3SiV. The van der Waals surface area contributed by atoms with E-state index in [0.717, 1.165) is 10.4 Å². The Morgan fingerprint density at radius 3 is 1.35 bits per heavy atom. The third-order valence-corrected chi connectivity index (χ3v) is 4.26. The van der Waals surface area contributed by atoms with Crippen LogP contribution in [-0.4, -0.2) is 13.8 Å². The van der Waals surface area contributed by atoms with E-state index in [0.29, 0.717) is 0 Å². The molecule has 3 nitrogen and oxygen atoms in total. The van der Waals surface area contributed by atoms with E-state index in [9.17, 15) is 4.80 Å². The van der Waals surface area contributed by atoms with Crippen molar-refractivity contribution >= 4 is 19.4 Å². The molecule has 0 saturated carbocycles. The van der Waals surface area contributed by atoms with Crippen LogP contribution in [0.25, 0.3) is 0 Å². The molecule has 0 saturated heterocycles. The Hall–Kier alpha value is -1.20. The van der Waals surface area contributed by atoms with Gasteiger partial charge < -0.3 is 4.80 Å². The summed E-state index contributed by atoms with van der Waals surface area (Å²) in [5, 5.41) is 2.14. The second-order valence-corrected chi connectivity index (χ2v) is 5.67. The van der Waals surface area contributed by atoms with Crippen LogP contribution in [0.2, 0.25) is 0 Å². The molecule has 87 valence electrons. The molecule has 5 heteroatoms. The minimum atomic E-state index is -1.92. The van der Waals surface area contributed by atoms with Crippen LogP contribution in [0.3, 0.4) is 0 Å². The van der Waals surface area contributed by atoms with E-state index < -0.39 is 25.2 Å². The Bertz CT molecular complexity index is 430. The molecule has 0 spiro atoms. The van der Waals surface area contributed by atoms with Gasteiger partial charge in [0.2, 0.25) is 9.04 Å². The first-order chi connectivity index (χ1) is 8.29. The van der Waals surface area contributed by atoms with E-state index in [4.69, 9.17) is 7.35 Å². The Balaban J connectivity index is 0.000000437. The van der Waals surface area contributed by atoms with Gasteiger partial charge in [0.25, 0.3) is 0 Å². The maximum atomic E-state index is 10.1. The van der Waals surface area contributed by atoms with E-state index in [1.165, 1.54) is 0 Å². The quantitative estimate of drug-likeness (QED) is 0.805. The van der Waals surface area contributed by atoms with Gasteiger partial charge in [0.1, 0.15) is 0 Å². The molecule has 0 bridgehead atoms. The van der Waals surface area contributed by atoms with Gasteiger partial charge in [-0.05, 0) is 10.4 Å². The molecule has 0 radical (unpaired) electrons.